The maximum absolute atomic E-state index is 14.6. The number of nitrogens with one attached hydrogen (secondary N) is 2. The topological polar surface area (TPSA) is 245 Å². The van der Waals surface area contributed by atoms with Gasteiger partial charge in [-0.3, -0.25) is 37.7 Å². The number of H-pyrrole nitrogens is 2. The van der Waals surface area contributed by atoms with Crippen LogP contribution in [0, 0.1) is 6.92 Å². The first-order valence-electron chi connectivity index (χ1n) is 15.4. The molecule has 3 aromatic heterocycles. The van der Waals surface area contributed by atoms with Crippen molar-refractivity contribution in [2.75, 3.05) is 52.2 Å². The Labute approximate surface area is 268 Å². The Morgan fingerprint density at radius 1 is 1.09 bits per heavy atom. The molecule has 2 aliphatic heterocycles. The predicted octanol–water partition coefficient (Wildman–Crippen LogP) is -0.728. The number of imidazole rings is 1. The van der Waals surface area contributed by atoms with E-state index >= 15 is 0 Å². The molecule has 2 fully saturated rings. The standard InChI is InChI=1S/C27H42N9O10P/c1-5-34(6-2)8-7-33(4)47(42,43-13-19-16(38)9-20(45-19)35-11-15(3)24(39)32-27(35)41)46-17-10-21(44-18(17)12-37)36-14-29-22-23(36)30-26(28)31-25(22)40/h11,14,16-21,37-38H,5-10,12-13H2,1-4H3,(H,32,39,41)(H3,28,30,31,40)/t16-,17-,18+,19+,20+,21+,47?/m0/s1. The zero-order valence-electron chi connectivity index (χ0n) is 26.6. The van der Waals surface area contributed by atoms with E-state index < -0.39 is 68.0 Å². The van der Waals surface area contributed by atoms with Crippen molar-refractivity contribution in [3.05, 3.63) is 49.3 Å². The van der Waals surface area contributed by atoms with E-state index in [1.807, 2.05) is 13.8 Å². The molecule has 5 rings (SSSR count). The molecular formula is C27H42N9O10P. The molecule has 2 aliphatic rings. The second-order valence-electron chi connectivity index (χ2n) is 11.5. The highest BCUT2D eigenvalue weighted by atomic mass is 31.2. The average Bonchev–Trinajstić information content (AvgIpc) is 3.74. The number of rotatable bonds is 14. The summed E-state index contributed by atoms with van der Waals surface area (Å²) in [5.74, 6) is -0.111. The van der Waals surface area contributed by atoms with E-state index in [0.717, 1.165) is 13.1 Å². The fraction of sp³-hybridized carbons (Fsp3) is 0.667. The number of aliphatic hydroxyl groups is 2. The minimum Gasteiger partial charge on any atom is -0.394 e. The van der Waals surface area contributed by atoms with E-state index in [2.05, 4.69) is 24.8 Å². The van der Waals surface area contributed by atoms with Gasteiger partial charge >= 0.3 is 13.4 Å². The monoisotopic (exact) mass is 683 g/mol. The van der Waals surface area contributed by atoms with Crippen molar-refractivity contribution in [3.8, 4) is 0 Å². The Bertz CT molecular complexity index is 1770. The molecule has 0 aromatic carbocycles. The Balaban J connectivity index is 1.35. The third-order valence-corrected chi connectivity index (χ3v) is 10.6. The number of aromatic nitrogens is 6. The summed E-state index contributed by atoms with van der Waals surface area (Å²) in [4.78, 5) is 51.6. The summed E-state index contributed by atoms with van der Waals surface area (Å²) in [5.41, 5.74) is 4.51. The van der Waals surface area contributed by atoms with Crippen molar-refractivity contribution in [1.29, 1.82) is 0 Å². The molecule has 0 radical (unpaired) electrons. The summed E-state index contributed by atoms with van der Waals surface area (Å²) in [5, 5.41) is 21.0. The van der Waals surface area contributed by atoms with Gasteiger partial charge in [-0.2, -0.15) is 4.98 Å². The lowest BCUT2D eigenvalue weighted by atomic mass is 10.2. The van der Waals surface area contributed by atoms with E-state index in [-0.39, 0.29) is 36.6 Å². The largest absolute Gasteiger partial charge is 0.408 e. The molecule has 47 heavy (non-hydrogen) atoms. The zero-order valence-corrected chi connectivity index (χ0v) is 27.5. The Morgan fingerprint density at radius 2 is 1.79 bits per heavy atom. The highest BCUT2D eigenvalue weighted by Crippen LogP contribution is 2.55. The molecule has 6 N–H and O–H groups in total. The molecule has 0 saturated carbocycles. The SMILES string of the molecule is CCN(CC)CCN(C)P(=O)(OC[C@H]1O[C@@H](n2cc(C)c(=O)[nH]c2=O)C[C@@H]1O)O[C@H]1C[C@H](n2cnc3c(=O)[nH]c(N)nc32)O[C@@H]1CO. The van der Waals surface area contributed by atoms with Crippen LogP contribution in [0.3, 0.4) is 0 Å². The van der Waals surface area contributed by atoms with Crippen molar-refractivity contribution in [2.24, 2.45) is 0 Å². The molecule has 0 aliphatic carbocycles. The van der Waals surface area contributed by atoms with Crippen molar-refractivity contribution < 1.29 is 33.3 Å². The molecule has 20 heteroatoms. The first-order valence-corrected chi connectivity index (χ1v) is 16.9. The van der Waals surface area contributed by atoms with Gasteiger partial charge in [0.25, 0.3) is 11.1 Å². The highest BCUT2D eigenvalue weighted by Gasteiger charge is 2.45. The molecule has 3 aromatic rings. The lowest BCUT2D eigenvalue weighted by Gasteiger charge is -2.32. The van der Waals surface area contributed by atoms with E-state index in [9.17, 15) is 29.2 Å². The Morgan fingerprint density at radius 3 is 2.49 bits per heavy atom. The number of aromatic amines is 2. The van der Waals surface area contributed by atoms with Gasteiger partial charge in [0.2, 0.25) is 5.95 Å². The number of hydrogen-bond acceptors (Lipinski definition) is 14. The van der Waals surface area contributed by atoms with Crippen LogP contribution in [-0.2, 0) is 23.1 Å². The van der Waals surface area contributed by atoms with Crippen molar-refractivity contribution >= 4 is 24.9 Å². The highest BCUT2D eigenvalue weighted by molar-refractivity contribution is 7.51. The van der Waals surface area contributed by atoms with Crippen LogP contribution in [0.15, 0.2) is 26.9 Å². The summed E-state index contributed by atoms with van der Waals surface area (Å²) in [6, 6.07) is 0. The minimum atomic E-state index is -4.16. The van der Waals surface area contributed by atoms with E-state index in [0.29, 0.717) is 18.7 Å². The molecule has 0 bridgehead atoms. The summed E-state index contributed by atoms with van der Waals surface area (Å²) in [6.07, 6.45) is -2.82. The van der Waals surface area contributed by atoms with E-state index in [4.69, 9.17) is 24.3 Å². The summed E-state index contributed by atoms with van der Waals surface area (Å²) in [6.45, 7) is 7.11. The van der Waals surface area contributed by atoms with Gasteiger partial charge in [-0.15, -0.1) is 0 Å². The number of likely N-dealkylation sites (N-methyl/N-ethyl adjacent to an activating group) is 2. The first kappa shape index (κ1) is 35.1. The molecular weight excluding hydrogens is 641 g/mol. The Hall–Kier alpha value is -3.26. The summed E-state index contributed by atoms with van der Waals surface area (Å²) < 4.78 is 42.8. The normalized spacial score (nSPS) is 26.1. The van der Waals surface area contributed by atoms with Gasteiger partial charge in [0.15, 0.2) is 11.2 Å². The van der Waals surface area contributed by atoms with Crippen LogP contribution in [0.1, 0.15) is 44.7 Å². The molecule has 0 amide bonds. The maximum atomic E-state index is 14.6. The lowest BCUT2D eigenvalue weighted by Crippen LogP contribution is -2.36. The third-order valence-electron chi connectivity index (χ3n) is 8.50. The van der Waals surface area contributed by atoms with Crippen molar-refractivity contribution in [1.82, 2.24) is 38.6 Å². The quantitative estimate of drug-likeness (QED) is 0.132. The second-order valence-corrected chi connectivity index (χ2v) is 13.6. The van der Waals surface area contributed by atoms with Crippen LogP contribution >= 0.6 is 7.75 Å². The van der Waals surface area contributed by atoms with Gasteiger partial charge in [0.05, 0.1) is 25.6 Å². The van der Waals surface area contributed by atoms with Crippen molar-refractivity contribution in [3.63, 3.8) is 0 Å². The van der Waals surface area contributed by atoms with Crippen LogP contribution in [0.5, 0.6) is 0 Å². The number of hydrogen-bond donors (Lipinski definition) is 5. The van der Waals surface area contributed by atoms with Crippen molar-refractivity contribution in [2.45, 2.75) is 70.5 Å². The Kier molecular flexibility index (Phi) is 10.8. The van der Waals surface area contributed by atoms with Crippen LogP contribution in [0.4, 0.5) is 5.95 Å². The number of nitrogens with two attached hydrogens (primary N) is 1. The van der Waals surface area contributed by atoms with Crippen LogP contribution in [-0.4, -0.2) is 120 Å². The molecule has 260 valence electrons. The van der Waals surface area contributed by atoms with Gasteiger partial charge < -0.3 is 30.3 Å². The predicted molar refractivity (Wildman–Crippen MR) is 168 cm³/mol. The van der Waals surface area contributed by atoms with Crippen LogP contribution < -0.4 is 22.5 Å². The molecule has 1 unspecified atom stereocenters. The average molecular weight is 684 g/mol. The number of ether oxygens (including phenoxy) is 2. The maximum Gasteiger partial charge on any atom is 0.408 e. The number of aliphatic hydroxyl groups excluding tert-OH is 2. The lowest BCUT2D eigenvalue weighted by molar-refractivity contribution is -0.0547. The number of anilines is 1. The summed E-state index contributed by atoms with van der Waals surface area (Å²) in [7, 11) is -2.57. The fourth-order valence-electron chi connectivity index (χ4n) is 5.63. The van der Waals surface area contributed by atoms with Crippen LogP contribution in [0.2, 0.25) is 0 Å². The van der Waals surface area contributed by atoms with Gasteiger partial charge in [0, 0.05) is 37.7 Å². The molecule has 5 heterocycles. The molecule has 0 spiro atoms. The van der Waals surface area contributed by atoms with Gasteiger partial charge in [-0.05, 0) is 27.1 Å². The van der Waals surface area contributed by atoms with Gasteiger partial charge in [-0.25, -0.2) is 19.0 Å². The minimum absolute atomic E-state index is 0.0212. The molecule has 19 nitrogen and oxygen atoms in total. The smallest absolute Gasteiger partial charge is 0.394 e. The van der Waals surface area contributed by atoms with Crippen LogP contribution in [0.25, 0.3) is 11.2 Å². The van der Waals surface area contributed by atoms with E-state index in [1.165, 1.54) is 26.3 Å². The number of fused-ring (bicyclic) bond motifs is 1. The first-order chi connectivity index (χ1) is 22.4. The van der Waals surface area contributed by atoms with Gasteiger partial charge in [0.1, 0.15) is 30.8 Å². The van der Waals surface area contributed by atoms with Gasteiger partial charge in [-0.1, -0.05) is 13.8 Å². The van der Waals surface area contributed by atoms with E-state index in [1.54, 1.807) is 14.0 Å². The number of nitrogens with zero attached hydrogens (tertiary/aromatic N) is 6. The molecule has 2 saturated heterocycles. The second kappa shape index (κ2) is 14.5. The molecule has 7 atom stereocenters. The fourth-order valence-corrected chi connectivity index (χ4v) is 7.29. The third kappa shape index (κ3) is 7.43. The number of aryl methyl sites for hydroxylation is 1. The summed E-state index contributed by atoms with van der Waals surface area (Å²) >= 11 is 0. The zero-order chi connectivity index (χ0) is 34.0. The number of nitrogen functional groups attached to an aromatic ring is 1.